The molecule has 0 saturated heterocycles. The van der Waals surface area contributed by atoms with Crippen LogP contribution in [-0.4, -0.2) is 52.4 Å². The summed E-state index contributed by atoms with van der Waals surface area (Å²) < 4.78 is 1.97. The zero-order valence-corrected chi connectivity index (χ0v) is 17.8. The van der Waals surface area contributed by atoms with Gasteiger partial charge in [0.25, 0.3) is 0 Å². The molecule has 1 aliphatic heterocycles. The second-order valence-corrected chi connectivity index (χ2v) is 6.32. The highest BCUT2D eigenvalue weighted by atomic mass is 127. The van der Waals surface area contributed by atoms with Crippen LogP contribution in [0, 0.1) is 0 Å². The maximum atomic E-state index is 4.69. The molecule has 8 nitrogen and oxygen atoms in total. The van der Waals surface area contributed by atoms with E-state index < -0.39 is 0 Å². The minimum atomic E-state index is 0. The Morgan fingerprint density at radius 2 is 2.23 bits per heavy atom. The van der Waals surface area contributed by atoms with Crippen LogP contribution in [-0.2, 0) is 19.5 Å². The number of aromatic nitrogens is 4. The maximum absolute atomic E-state index is 4.69. The molecule has 1 atom stereocenters. The van der Waals surface area contributed by atoms with E-state index in [9.17, 15) is 0 Å². The van der Waals surface area contributed by atoms with Gasteiger partial charge in [-0.25, -0.2) is 19.6 Å². The number of nitrogens with zero attached hydrogens (tertiary/aromatic N) is 6. The molecule has 142 valence electrons. The lowest BCUT2D eigenvalue weighted by Crippen LogP contribution is -2.47. The Morgan fingerprint density at radius 3 is 3.00 bits per heavy atom. The third-order valence-electron chi connectivity index (χ3n) is 4.14. The predicted molar refractivity (Wildman–Crippen MR) is 114 cm³/mol. The van der Waals surface area contributed by atoms with Crippen LogP contribution >= 0.6 is 24.0 Å². The van der Waals surface area contributed by atoms with Crippen LogP contribution in [0.4, 0.5) is 5.82 Å². The molecule has 2 aromatic rings. The van der Waals surface area contributed by atoms with Crippen molar-refractivity contribution in [3.05, 3.63) is 36.0 Å². The van der Waals surface area contributed by atoms with Crippen molar-refractivity contribution in [2.45, 2.75) is 38.9 Å². The lowest BCUT2D eigenvalue weighted by molar-refractivity contribution is 0.392. The number of hydrogen-bond donors (Lipinski definition) is 2. The van der Waals surface area contributed by atoms with Crippen molar-refractivity contribution in [1.82, 2.24) is 30.4 Å². The first-order chi connectivity index (χ1) is 12.2. The summed E-state index contributed by atoms with van der Waals surface area (Å²) in [6, 6.07) is 6.31. The molecule has 9 heteroatoms. The Morgan fingerprint density at radius 1 is 1.38 bits per heavy atom. The highest BCUT2D eigenvalue weighted by Gasteiger charge is 2.20. The Labute approximate surface area is 171 Å². The van der Waals surface area contributed by atoms with Crippen LogP contribution in [0.2, 0.25) is 0 Å². The van der Waals surface area contributed by atoms with Crippen molar-refractivity contribution in [3.63, 3.8) is 0 Å². The zero-order valence-electron chi connectivity index (χ0n) is 15.5. The number of fused-ring (bicyclic) bond motifs is 1. The summed E-state index contributed by atoms with van der Waals surface area (Å²) in [5.74, 6) is 2.81. The van der Waals surface area contributed by atoms with Crippen LogP contribution < -0.4 is 15.5 Å². The zero-order chi connectivity index (χ0) is 17.6. The minimum Gasteiger partial charge on any atom is -0.363 e. The second-order valence-electron chi connectivity index (χ2n) is 6.32. The Bertz CT molecular complexity index is 727. The molecule has 2 aromatic heterocycles. The van der Waals surface area contributed by atoms with Gasteiger partial charge >= 0.3 is 0 Å². The number of nitrogens with one attached hydrogen (secondary N) is 2. The van der Waals surface area contributed by atoms with Gasteiger partial charge in [-0.2, -0.15) is 5.10 Å². The number of halogens is 1. The number of aryl methyl sites for hydroxylation is 1. The van der Waals surface area contributed by atoms with E-state index in [1.54, 1.807) is 6.33 Å². The molecular formula is C17H27IN8. The van der Waals surface area contributed by atoms with Crippen molar-refractivity contribution >= 4 is 35.8 Å². The first-order valence-corrected chi connectivity index (χ1v) is 8.70. The molecular weight excluding hydrogens is 443 g/mol. The van der Waals surface area contributed by atoms with Gasteiger partial charge in [0.1, 0.15) is 18.0 Å². The normalized spacial score (nSPS) is 16.4. The van der Waals surface area contributed by atoms with Crippen LogP contribution in [0.25, 0.3) is 0 Å². The number of guanidine groups is 1. The molecule has 1 unspecified atom stereocenters. The van der Waals surface area contributed by atoms with Crippen LogP contribution in [0.15, 0.2) is 29.5 Å². The summed E-state index contributed by atoms with van der Waals surface area (Å²) in [5.41, 5.74) is 0.950. The summed E-state index contributed by atoms with van der Waals surface area (Å²) in [4.78, 5) is 15.6. The largest absolute Gasteiger partial charge is 0.363 e. The first-order valence-electron chi connectivity index (χ1n) is 8.70. The van der Waals surface area contributed by atoms with Gasteiger partial charge in [-0.1, -0.05) is 6.07 Å². The summed E-state index contributed by atoms with van der Waals surface area (Å²) in [5, 5.41) is 11.1. The highest BCUT2D eigenvalue weighted by molar-refractivity contribution is 14.0. The van der Waals surface area contributed by atoms with E-state index >= 15 is 0 Å². The maximum Gasteiger partial charge on any atom is 0.191 e. The Kier molecular flexibility index (Phi) is 7.61. The second kappa shape index (κ2) is 9.70. The summed E-state index contributed by atoms with van der Waals surface area (Å²) in [6.45, 7) is 4.24. The van der Waals surface area contributed by atoms with Gasteiger partial charge in [-0.15, -0.1) is 24.0 Å². The van der Waals surface area contributed by atoms with Crippen molar-refractivity contribution in [1.29, 1.82) is 0 Å². The highest BCUT2D eigenvalue weighted by Crippen LogP contribution is 2.12. The monoisotopic (exact) mass is 470 g/mol. The number of hydrogen-bond acceptors (Lipinski definition) is 5. The minimum absolute atomic E-state index is 0. The van der Waals surface area contributed by atoms with Crippen molar-refractivity contribution in [3.8, 4) is 0 Å². The Balaban J connectivity index is 0.00000243. The number of pyridine rings is 1. The fourth-order valence-corrected chi connectivity index (χ4v) is 2.83. The SMILES string of the molecule is CCNC(=NCc1cccc(N(C)C)n1)NC1CCc2ncnn2C1.I. The van der Waals surface area contributed by atoms with Crippen molar-refractivity contribution in [2.75, 3.05) is 25.5 Å². The molecule has 0 aromatic carbocycles. The molecule has 0 bridgehead atoms. The van der Waals surface area contributed by atoms with Crippen LogP contribution in [0.3, 0.4) is 0 Å². The quantitative estimate of drug-likeness (QED) is 0.391. The lowest BCUT2D eigenvalue weighted by Gasteiger charge is -2.25. The molecule has 0 saturated carbocycles. The van der Waals surface area contributed by atoms with Gasteiger partial charge in [0.15, 0.2) is 5.96 Å². The van der Waals surface area contributed by atoms with E-state index in [1.165, 1.54) is 0 Å². The van der Waals surface area contributed by atoms with E-state index in [2.05, 4.69) is 37.6 Å². The van der Waals surface area contributed by atoms with E-state index in [-0.39, 0.29) is 24.0 Å². The third kappa shape index (κ3) is 5.29. The average Bonchev–Trinajstić information content (AvgIpc) is 3.08. The summed E-state index contributed by atoms with van der Waals surface area (Å²) in [6.07, 6.45) is 3.58. The topological polar surface area (TPSA) is 83.3 Å². The smallest absolute Gasteiger partial charge is 0.191 e. The van der Waals surface area contributed by atoms with E-state index in [1.807, 2.05) is 41.9 Å². The average molecular weight is 470 g/mol. The number of aliphatic imine (C=N–C) groups is 1. The molecule has 3 heterocycles. The van der Waals surface area contributed by atoms with Crippen molar-refractivity contribution in [2.24, 2.45) is 4.99 Å². The van der Waals surface area contributed by atoms with Gasteiger partial charge in [0.2, 0.25) is 0 Å². The molecule has 0 spiro atoms. The van der Waals surface area contributed by atoms with Crippen molar-refractivity contribution < 1.29 is 0 Å². The first kappa shape index (κ1) is 20.4. The van der Waals surface area contributed by atoms with Gasteiger partial charge < -0.3 is 15.5 Å². The van der Waals surface area contributed by atoms with Gasteiger partial charge in [0, 0.05) is 33.1 Å². The molecule has 0 radical (unpaired) electrons. The standard InChI is InChI=1S/C17H26N8.HI/c1-4-18-17(19-10-13-6-5-7-16(22-13)24(2)3)23-14-8-9-15-20-12-21-25(15)11-14;/h5-7,12,14H,4,8-11H2,1-3H3,(H2,18,19,23);1H. The molecule has 2 N–H and O–H groups in total. The third-order valence-corrected chi connectivity index (χ3v) is 4.14. The molecule has 1 aliphatic rings. The number of rotatable bonds is 5. The van der Waals surface area contributed by atoms with Crippen LogP contribution in [0.1, 0.15) is 24.9 Å². The van der Waals surface area contributed by atoms with E-state index in [4.69, 9.17) is 0 Å². The predicted octanol–water partition coefficient (Wildman–Crippen LogP) is 1.43. The molecule has 26 heavy (non-hydrogen) atoms. The summed E-state index contributed by atoms with van der Waals surface area (Å²) >= 11 is 0. The fourth-order valence-electron chi connectivity index (χ4n) is 2.83. The van der Waals surface area contributed by atoms with Gasteiger partial charge in [-0.3, -0.25) is 0 Å². The lowest BCUT2D eigenvalue weighted by atomic mass is 10.1. The summed E-state index contributed by atoms with van der Waals surface area (Å²) in [7, 11) is 3.98. The molecule has 0 aliphatic carbocycles. The molecule has 0 fully saturated rings. The molecule has 3 rings (SSSR count). The van der Waals surface area contributed by atoms with Gasteiger partial charge in [0.05, 0.1) is 18.8 Å². The number of anilines is 1. The fraction of sp³-hybridized carbons (Fsp3) is 0.529. The van der Waals surface area contributed by atoms with Crippen LogP contribution in [0.5, 0.6) is 0 Å². The molecule has 0 amide bonds. The Hall–Kier alpha value is -1.91. The van der Waals surface area contributed by atoms with Gasteiger partial charge in [-0.05, 0) is 25.5 Å². The van der Waals surface area contributed by atoms with E-state index in [0.717, 1.165) is 49.2 Å². The van der Waals surface area contributed by atoms with E-state index in [0.29, 0.717) is 12.6 Å².